The minimum Gasteiger partial charge on any atom is -0.353 e. The summed E-state index contributed by atoms with van der Waals surface area (Å²) in [6.45, 7) is 1.92. The molecule has 0 saturated carbocycles. The molecule has 4 heteroatoms. The van der Waals surface area contributed by atoms with E-state index in [1.54, 1.807) is 12.1 Å². The van der Waals surface area contributed by atoms with Crippen LogP contribution in [0.15, 0.2) is 60.7 Å². The molecule has 2 aromatic carbocycles. The number of nitrogens with one attached hydrogen (secondary N) is 2. The molecule has 0 aliphatic carbocycles. The van der Waals surface area contributed by atoms with E-state index in [1.165, 1.54) is 0 Å². The summed E-state index contributed by atoms with van der Waals surface area (Å²) in [6.07, 6.45) is -0.533. The van der Waals surface area contributed by atoms with Crippen LogP contribution < -0.4 is 10.8 Å². The van der Waals surface area contributed by atoms with Crippen LogP contribution in [0.25, 0.3) is 0 Å². The average molecular weight is 256 g/mol. The van der Waals surface area contributed by atoms with E-state index in [9.17, 15) is 4.79 Å². The number of rotatable bonds is 4. The first-order valence-corrected chi connectivity index (χ1v) is 6.09. The van der Waals surface area contributed by atoms with E-state index in [1.807, 2.05) is 55.5 Å². The summed E-state index contributed by atoms with van der Waals surface area (Å²) in [5, 5.41) is 2.63. The molecular formula is C15H16N2O2. The van der Waals surface area contributed by atoms with Crippen molar-refractivity contribution in [2.75, 3.05) is 5.32 Å². The Hall–Kier alpha value is -2.33. The van der Waals surface area contributed by atoms with E-state index in [-0.39, 0.29) is 6.04 Å². The Morgan fingerprint density at radius 1 is 1.00 bits per heavy atom. The number of hydroxylamine groups is 1. The SMILES string of the molecule is CC(NOC(=O)Nc1ccccc1)c1ccccc1. The number of hydrogen-bond acceptors (Lipinski definition) is 3. The highest BCUT2D eigenvalue weighted by Gasteiger charge is 2.08. The van der Waals surface area contributed by atoms with Crippen molar-refractivity contribution in [3.8, 4) is 0 Å². The van der Waals surface area contributed by atoms with Gasteiger partial charge in [0.2, 0.25) is 0 Å². The van der Waals surface area contributed by atoms with Gasteiger partial charge in [-0.1, -0.05) is 48.5 Å². The molecule has 2 aromatic rings. The third-order valence-corrected chi connectivity index (χ3v) is 2.65. The van der Waals surface area contributed by atoms with Crippen molar-refractivity contribution in [3.63, 3.8) is 0 Å². The smallest absolute Gasteiger partial charge is 0.353 e. The number of anilines is 1. The molecule has 0 heterocycles. The van der Waals surface area contributed by atoms with Gasteiger partial charge in [0.15, 0.2) is 0 Å². The molecular weight excluding hydrogens is 240 g/mol. The van der Waals surface area contributed by atoms with Crippen molar-refractivity contribution < 1.29 is 9.63 Å². The van der Waals surface area contributed by atoms with Crippen LogP contribution in [0.4, 0.5) is 10.5 Å². The lowest BCUT2D eigenvalue weighted by Gasteiger charge is -2.14. The maximum absolute atomic E-state index is 11.6. The zero-order valence-corrected chi connectivity index (χ0v) is 10.7. The van der Waals surface area contributed by atoms with Gasteiger partial charge in [-0.3, -0.25) is 5.32 Å². The van der Waals surface area contributed by atoms with Gasteiger partial charge in [0, 0.05) is 5.69 Å². The van der Waals surface area contributed by atoms with Crippen molar-refractivity contribution >= 4 is 11.8 Å². The van der Waals surface area contributed by atoms with Crippen LogP contribution in [0.3, 0.4) is 0 Å². The van der Waals surface area contributed by atoms with Crippen LogP contribution in [-0.2, 0) is 4.84 Å². The van der Waals surface area contributed by atoms with E-state index in [4.69, 9.17) is 4.84 Å². The van der Waals surface area contributed by atoms with Crippen LogP contribution in [0.2, 0.25) is 0 Å². The molecule has 2 rings (SSSR count). The first-order chi connectivity index (χ1) is 9.25. The normalized spacial score (nSPS) is 11.6. The summed E-state index contributed by atoms with van der Waals surface area (Å²) < 4.78 is 0. The lowest BCUT2D eigenvalue weighted by Crippen LogP contribution is -2.26. The highest BCUT2D eigenvalue weighted by molar-refractivity contribution is 5.84. The van der Waals surface area contributed by atoms with Crippen LogP contribution in [-0.4, -0.2) is 6.09 Å². The Bertz CT molecular complexity index is 514. The number of benzene rings is 2. The maximum atomic E-state index is 11.6. The molecule has 2 N–H and O–H groups in total. The highest BCUT2D eigenvalue weighted by atomic mass is 16.7. The number of carbonyl (C=O) groups is 1. The first-order valence-electron chi connectivity index (χ1n) is 6.09. The standard InChI is InChI=1S/C15H16N2O2/c1-12(13-8-4-2-5-9-13)17-19-15(18)16-14-10-6-3-7-11-14/h2-12,17H,1H3,(H,16,18). The molecule has 4 nitrogen and oxygen atoms in total. The zero-order valence-electron chi connectivity index (χ0n) is 10.7. The largest absolute Gasteiger partial charge is 0.430 e. The third-order valence-electron chi connectivity index (χ3n) is 2.65. The molecule has 0 bridgehead atoms. The zero-order chi connectivity index (χ0) is 13.5. The van der Waals surface area contributed by atoms with Gasteiger partial charge in [0.1, 0.15) is 0 Å². The van der Waals surface area contributed by atoms with Crippen LogP contribution >= 0.6 is 0 Å². The molecule has 0 fully saturated rings. The number of para-hydroxylation sites is 1. The Balaban J connectivity index is 1.81. The van der Waals surface area contributed by atoms with Crippen molar-refractivity contribution in [1.29, 1.82) is 0 Å². The Kier molecular flexibility index (Phi) is 4.53. The fraction of sp³-hybridized carbons (Fsp3) is 0.133. The Morgan fingerprint density at radius 3 is 2.21 bits per heavy atom. The van der Waals surface area contributed by atoms with Gasteiger partial charge >= 0.3 is 6.09 Å². The molecule has 0 spiro atoms. The molecule has 0 aliphatic heterocycles. The second-order valence-corrected chi connectivity index (χ2v) is 4.13. The quantitative estimate of drug-likeness (QED) is 0.823. The molecule has 0 aromatic heterocycles. The van der Waals surface area contributed by atoms with Gasteiger partial charge in [0.05, 0.1) is 6.04 Å². The van der Waals surface area contributed by atoms with E-state index in [0.29, 0.717) is 5.69 Å². The molecule has 98 valence electrons. The maximum Gasteiger partial charge on any atom is 0.430 e. The predicted octanol–water partition coefficient (Wildman–Crippen LogP) is 3.50. The lowest BCUT2D eigenvalue weighted by molar-refractivity contribution is 0.0839. The second kappa shape index (κ2) is 6.56. The summed E-state index contributed by atoms with van der Waals surface area (Å²) >= 11 is 0. The highest BCUT2D eigenvalue weighted by Crippen LogP contribution is 2.11. The van der Waals surface area contributed by atoms with Crippen LogP contribution in [0, 0.1) is 0 Å². The number of amides is 1. The van der Waals surface area contributed by atoms with Crippen molar-refractivity contribution in [3.05, 3.63) is 66.2 Å². The summed E-state index contributed by atoms with van der Waals surface area (Å²) in [5.74, 6) is 0. The summed E-state index contributed by atoms with van der Waals surface area (Å²) in [4.78, 5) is 16.5. The average Bonchev–Trinajstić information content (AvgIpc) is 2.47. The van der Waals surface area contributed by atoms with Gasteiger partial charge in [-0.25, -0.2) is 4.79 Å². The van der Waals surface area contributed by atoms with E-state index in [0.717, 1.165) is 5.56 Å². The molecule has 1 atom stereocenters. The van der Waals surface area contributed by atoms with Gasteiger partial charge in [-0.2, -0.15) is 0 Å². The number of carbonyl (C=O) groups excluding carboxylic acids is 1. The molecule has 1 unspecified atom stereocenters. The monoisotopic (exact) mass is 256 g/mol. The molecule has 1 amide bonds. The minimum absolute atomic E-state index is 0.0669. The summed E-state index contributed by atoms with van der Waals surface area (Å²) in [6, 6.07) is 18.9. The minimum atomic E-state index is -0.533. The van der Waals surface area contributed by atoms with Gasteiger partial charge < -0.3 is 4.84 Å². The first kappa shape index (κ1) is 13.1. The van der Waals surface area contributed by atoms with Gasteiger partial charge in [0.25, 0.3) is 0 Å². The van der Waals surface area contributed by atoms with Crippen LogP contribution in [0.1, 0.15) is 18.5 Å². The van der Waals surface area contributed by atoms with Crippen molar-refractivity contribution in [1.82, 2.24) is 5.48 Å². The van der Waals surface area contributed by atoms with Crippen molar-refractivity contribution in [2.45, 2.75) is 13.0 Å². The Labute approximate surface area is 112 Å². The predicted molar refractivity (Wildman–Crippen MR) is 74.5 cm³/mol. The Morgan fingerprint density at radius 2 is 1.58 bits per heavy atom. The van der Waals surface area contributed by atoms with Gasteiger partial charge in [-0.05, 0) is 24.6 Å². The number of hydrogen-bond donors (Lipinski definition) is 2. The van der Waals surface area contributed by atoms with Gasteiger partial charge in [-0.15, -0.1) is 5.48 Å². The van der Waals surface area contributed by atoms with Crippen molar-refractivity contribution in [2.24, 2.45) is 0 Å². The second-order valence-electron chi connectivity index (χ2n) is 4.13. The molecule has 0 aliphatic rings. The fourth-order valence-corrected chi connectivity index (χ4v) is 1.62. The van der Waals surface area contributed by atoms with E-state index in [2.05, 4.69) is 10.8 Å². The van der Waals surface area contributed by atoms with Crippen LogP contribution in [0.5, 0.6) is 0 Å². The lowest BCUT2D eigenvalue weighted by atomic mass is 10.1. The molecule has 0 radical (unpaired) electrons. The fourth-order valence-electron chi connectivity index (χ4n) is 1.62. The summed E-state index contributed by atoms with van der Waals surface area (Å²) in [7, 11) is 0. The summed E-state index contributed by atoms with van der Waals surface area (Å²) in [5.41, 5.74) is 4.45. The molecule has 0 saturated heterocycles. The topological polar surface area (TPSA) is 50.4 Å². The van der Waals surface area contributed by atoms with E-state index >= 15 is 0 Å². The molecule has 19 heavy (non-hydrogen) atoms. The third kappa shape index (κ3) is 4.12. The van der Waals surface area contributed by atoms with E-state index < -0.39 is 6.09 Å².